The molecule has 0 bridgehead atoms. The highest BCUT2D eigenvalue weighted by Gasteiger charge is 2.36. The normalized spacial score (nSPS) is 30.5. The van der Waals surface area contributed by atoms with Gasteiger partial charge in [0.15, 0.2) is 0 Å². The molecule has 0 heterocycles. The SMILES string of the molecule is [C-]#[N+]C1CC(OS(C)(=O)=O)C1. The Morgan fingerprint density at radius 1 is 1.55 bits per heavy atom. The van der Waals surface area contributed by atoms with E-state index < -0.39 is 10.1 Å². The van der Waals surface area contributed by atoms with Gasteiger partial charge in [-0.1, -0.05) is 0 Å². The summed E-state index contributed by atoms with van der Waals surface area (Å²) in [7, 11) is -3.32. The van der Waals surface area contributed by atoms with Crippen LogP contribution in [0.2, 0.25) is 0 Å². The first-order valence-electron chi connectivity index (χ1n) is 3.26. The average molecular weight is 175 g/mol. The van der Waals surface area contributed by atoms with Gasteiger partial charge in [-0.25, -0.2) is 6.57 Å². The fourth-order valence-corrected chi connectivity index (χ4v) is 1.62. The maximum Gasteiger partial charge on any atom is 0.264 e. The molecule has 4 nitrogen and oxygen atoms in total. The van der Waals surface area contributed by atoms with E-state index in [2.05, 4.69) is 9.03 Å². The van der Waals surface area contributed by atoms with Gasteiger partial charge in [-0.3, -0.25) is 4.18 Å². The molecule has 0 aromatic rings. The van der Waals surface area contributed by atoms with Crippen LogP contribution in [0.15, 0.2) is 0 Å². The van der Waals surface area contributed by atoms with Crippen molar-refractivity contribution in [1.82, 2.24) is 0 Å². The molecule has 0 aromatic carbocycles. The Morgan fingerprint density at radius 3 is 2.45 bits per heavy atom. The first kappa shape index (κ1) is 8.50. The van der Waals surface area contributed by atoms with E-state index in [9.17, 15) is 8.42 Å². The first-order chi connectivity index (χ1) is 5.01. The summed E-state index contributed by atoms with van der Waals surface area (Å²) < 4.78 is 25.7. The molecule has 1 rings (SSSR count). The van der Waals surface area contributed by atoms with Crippen LogP contribution < -0.4 is 0 Å². The minimum atomic E-state index is -3.32. The average Bonchev–Trinajstić information content (AvgIpc) is 1.75. The molecule has 62 valence electrons. The third kappa shape index (κ3) is 2.48. The van der Waals surface area contributed by atoms with E-state index in [1.165, 1.54) is 0 Å². The summed E-state index contributed by atoms with van der Waals surface area (Å²) in [5.74, 6) is 0. The van der Waals surface area contributed by atoms with Crippen molar-refractivity contribution >= 4 is 10.1 Å². The maximum atomic E-state index is 10.5. The molecule has 0 saturated heterocycles. The van der Waals surface area contributed by atoms with E-state index in [0.29, 0.717) is 12.8 Å². The van der Waals surface area contributed by atoms with Gasteiger partial charge in [-0.05, 0) is 0 Å². The summed E-state index contributed by atoms with van der Waals surface area (Å²) in [6, 6.07) is -0.0262. The van der Waals surface area contributed by atoms with Gasteiger partial charge in [-0.2, -0.15) is 8.42 Å². The van der Waals surface area contributed by atoms with Crippen LogP contribution in [-0.2, 0) is 14.3 Å². The second kappa shape index (κ2) is 2.80. The predicted molar refractivity (Wildman–Crippen MR) is 39.3 cm³/mol. The summed E-state index contributed by atoms with van der Waals surface area (Å²) in [6.07, 6.45) is 1.88. The largest absolute Gasteiger partial charge is 0.313 e. The van der Waals surface area contributed by atoms with Crippen LogP contribution in [-0.4, -0.2) is 26.8 Å². The van der Waals surface area contributed by atoms with Crippen molar-refractivity contribution < 1.29 is 12.6 Å². The summed E-state index contributed by atoms with van der Waals surface area (Å²) >= 11 is 0. The smallest absolute Gasteiger partial charge is 0.264 e. The van der Waals surface area contributed by atoms with Crippen LogP contribution in [0.25, 0.3) is 4.85 Å². The van der Waals surface area contributed by atoms with E-state index >= 15 is 0 Å². The second-order valence-corrected chi connectivity index (χ2v) is 4.28. The molecule has 0 atom stereocenters. The van der Waals surface area contributed by atoms with Crippen molar-refractivity contribution in [2.45, 2.75) is 25.0 Å². The molecule has 1 saturated carbocycles. The number of hydrogen-bond acceptors (Lipinski definition) is 3. The molecule has 11 heavy (non-hydrogen) atoms. The zero-order valence-corrected chi connectivity index (χ0v) is 6.97. The van der Waals surface area contributed by atoms with Crippen LogP contribution in [0.5, 0.6) is 0 Å². The molecule has 0 aromatic heterocycles. The molecule has 0 N–H and O–H groups in total. The van der Waals surface area contributed by atoms with Crippen LogP contribution >= 0.6 is 0 Å². The van der Waals surface area contributed by atoms with Crippen LogP contribution in [0.3, 0.4) is 0 Å². The summed E-state index contributed by atoms with van der Waals surface area (Å²) in [5.41, 5.74) is 0. The van der Waals surface area contributed by atoms with Gasteiger partial charge in [-0.15, -0.1) is 0 Å². The Hall–Kier alpha value is -0.600. The summed E-state index contributed by atoms with van der Waals surface area (Å²) in [5, 5.41) is 0. The fourth-order valence-electron chi connectivity index (χ4n) is 0.969. The van der Waals surface area contributed by atoms with Gasteiger partial charge >= 0.3 is 0 Å². The lowest BCUT2D eigenvalue weighted by Crippen LogP contribution is -2.34. The molecule has 5 heteroatoms. The zero-order valence-electron chi connectivity index (χ0n) is 6.15. The van der Waals surface area contributed by atoms with Crippen molar-refractivity contribution in [1.29, 1.82) is 0 Å². The van der Waals surface area contributed by atoms with Gasteiger partial charge in [0.2, 0.25) is 6.04 Å². The summed E-state index contributed by atoms with van der Waals surface area (Å²) in [4.78, 5) is 3.25. The van der Waals surface area contributed by atoms with Crippen molar-refractivity contribution in [3.8, 4) is 0 Å². The van der Waals surface area contributed by atoms with Crippen LogP contribution in [0, 0.1) is 6.57 Å². The molecule has 1 fully saturated rings. The molecule has 0 spiro atoms. The topological polar surface area (TPSA) is 47.7 Å². The Bertz CT molecular complexity index is 271. The van der Waals surface area contributed by atoms with E-state index in [1.54, 1.807) is 0 Å². The quantitative estimate of drug-likeness (QED) is 0.451. The molecule has 0 amide bonds. The van der Waals surface area contributed by atoms with Gasteiger partial charge in [0.25, 0.3) is 10.1 Å². The molecule has 0 unspecified atom stereocenters. The Labute approximate surface area is 66.1 Å². The third-order valence-electron chi connectivity index (χ3n) is 1.56. The highest BCUT2D eigenvalue weighted by atomic mass is 32.2. The Balaban J connectivity index is 2.31. The van der Waals surface area contributed by atoms with Gasteiger partial charge in [0, 0.05) is 0 Å². The van der Waals surface area contributed by atoms with Crippen molar-refractivity contribution in [3.05, 3.63) is 11.4 Å². The summed E-state index contributed by atoms with van der Waals surface area (Å²) in [6.45, 7) is 6.60. The predicted octanol–water partition coefficient (Wildman–Crippen LogP) is 0.413. The Kier molecular flexibility index (Phi) is 2.16. The van der Waals surface area contributed by atoms with Gasteiger partial charge in [0.05, 0.1) is 25.2 Å². The second-order valence-electron chi connectivity index (χ2n) is 2.68. The number of nitrogens with zero attached hydrogens (tertiary/aromatic N) is 1. The first-order valence-corrected chi connectivity index (χ1v) is 5.08. The molecule has 1 aliphatic carbocycles. The van der Waals surface area contributed by atoms with E-state index in [4.69, 9.17) is 6.57 Å². The third-order valence-corrected chi connectivity index (χ3v) is 2.19. The maximum absolute atomic E-state index is 10.5. The van der Waals surface area contributed by atoms with Crippen molar-refractivity contribution in [3.63, 3.8) is 0 Å². The van der Waals surface area contributed by atoms with Crippen LogP contribution in [0.4, 0.5) is 0 Å². The minimum absolute atomic E-state index is 0.0262. The lowest BCUT2D eigenvalue weighted by atomic mass is 9.90. The highest BCUT2D eigenvalue weighted by Crippen LogP contribution is 2.27. The van der Waals surface area contributed by atoms with Gasteiger partial charge in [0.1, 0.15) is 0 Å². The fraction of sp³-hybridized carbons (Fsp3) is 0.833. The lowest BCUT2D eigenvalue weighted by molar-refractivity contribution is 0.122. The van der Waals surface area contributed by atoms with Crippen molar-refractivity contribution in [2.75, 3.05) is 6.26 Å². The van der Waals surface area contributed by atoms with Crippen LogP contribution in [0.1, 0.15) is 12.8 Å². The molecule has 1 aliphatic rings. The molecule has 0 aliphatic heterocycles. The highest BCUT2D eigenvalue weighted by molar-refractivity contribution is 7.86. The monoisotopic (exact) mass is 175 g/mol. The zero-order chi connectivity index (χ0) is 8.48. The molecule has 0 radical (unpaired) electrons. The minimum Gasteiger partial charge on any atom is -0.313 e. The van der Waals surface area contributed by atoms with E-state index in [0.717, 1.165) is 6.26 Å². The number of hydrogen-bond donors (Lipinski definition) is 0. The lowest BCUT2D eigenvalue weighted by Gasteiger charge is -2.25. The standard InChI is InChI=1S/C6H9NO3S/c1-7-5-3-6(4-5)10-11(2,8)9/h5-6H,3-4H2,2H3. The van der Waals surface area contributed by atoms with Crippen molar-refractivity contribution in [2.24, 2.45) is 0 Å². The van der Waals surface area contributed by atoms with E-state index in [-0.39, 0.29) is 12.1 Å². The Morgan fingerprint density at radius 2 is 2.09 bits per heavy atom. The molecular weight excluding hydrogens is 166 g/mol. The molecular formula is C6H9NO3S. The number of rotatable bonds is 2. The van der Waals surface area contributed by atoms with Gasteiger partial charge < -0.3 is 4.85 Å². The van der Waals surface area contributed by atoms with E-state index in [1.807, 2.05) is 0 Å².